The molecular formula is C17H28N2O2. The molecule has 21 heavy (non-hydrogen) atoms. The van der Waals surface area contributed by atoms with Crippen molar-refractivity contribution in [3.8, 4) is 5.75 Å². The van der Waals surface area contributed by atoms with Crippen LogP contribution in [0.3, 0.4) is 0 Å². The highest BCUT2D eigenvalue weighted by Gasteiger charge is 2.07. The van der Waals surface area contributed by atoms with E-state index in [2.05, 4.69) is 31.3 Å². The molecule has 0 heterocycles. The van der Waals surface area contributed by atoms with Gasteiger partial charge in [-0.2, -0.15) is 0 Å². The van der Waals surface area contributed by atoms with Gasteiger partial charge in [0.25, 0.3) is 5.91 Å². The summed E-state index contributed by atoms with van der Waals surface area (Å²) in [5.41, 5.74) is 1.30. The van der Waals surface area contributed by atoms with Crippen LogP contribution in [0.15, 0.2) is 24.3 Å². The summed E-state index contributed by atoms with van der Waals surface area (Å²) >= 11 is 0. The van der Waals surface area contributed by atoms with Gasteiger partial charge < -0.3 is 15.0 Å². The van der Waals surface area contributed by atoms with Gasteiger partial charge in [-0.3, -0.25) is 4.79 Å². The molecule has 1 amide bonds. The van der Waals surface area contributed by atoms with Crippen molar-refractivity contribution in [3.05, 3.63) is 29.8 Å². The highest BCUT2D eigenvalue weighted by atomic mass is 16.5. The van der Waals surface area contributed by atoms with Gasteiger partial charge in [-0.05, 0) is 50.9 Å². The summed E-state index contributed by atoms with van der Waals surface area (Å²) in [5, 5.41) is 3.41. The second-order valence-corrected chi connectivity index (χ2v) is 5.34. The predicted molar refractivity (Wildman–Crippen MR) is 86.7 cm³/mol. The summed E-state index contributed by atoms with van der Waals surface area (Å²) in [4.78, 5) is 13.3. The van der Waals surface area contributed by atoms with Gasteiger partial charge in [0.15, 0.2) is 6.61 Å². The number of rotatable bonds is 9. The molecule has 118 valence electrons. The van der Waals surface area contributed by atoms with E-state index in [1.54, 1.807) is 11.9 Å². The molecule has 0 spiro atoms. The molecule has 1 unspecified atom stereocenters. The van der Waals surface area contributed by atoms with E-state index < -0.39 is 0 Å². The van der Waals surface area contributed by atoms with E-state index >= 15 is 0 Å². The fourth-order valence-corrected chi connectivity index (χ4v) is 2.02. The number of likely N-dealkylation sites (N-methyl/N-ethyl adjacent to an activating group) is 1. The van der Waals surface area contributed by atoms with Crippen molar-refractivity contribution in [2.24, 2.45) is 0 Å². The van der Waals surface area contributed by atoms with Crippen LogP contribution >= 0.6 is 0 Å². The first-order chi connectivity index (χ1) is 10.1. The second-order valence-electron chi connectivity index (χ2n) is 5.34. The second kappa shape index (κ2) is 9.40. The highest BCUT2D eigenvalue weighted by molar-refractivity contribution is 5.77. The zero-order chi connectivity index (χ0) is 15.7. The lowest BCUT2D eigenvalue weighted by molar-refractivity contribution is -0.131. The standard InChI is InChI=1S/C17H28N2O2/c1-5-18-14(3)7-8-15-9-11-16(12-10-15)21-13-17(20)19(4)6-2/h9-12,14,18H,5-8,13H2,1-4H3. The van der Waals surface area contributed by atoms with E-state index in [-0.39, 0.29) is 12.5 Å². The number of benzene rings is 1. The molecule has 0 aliphatic heterocycles. The molecule has 1 aromatic rings. The van der Waals surface area contributed by atoms with Crippen LogP contribution in [0.25, 0.3) is 0 Å². The summed E-state index contributed by atoms with van der Waals surface area (Å²) in [6.07, 6.45) is 2.17. The third-order valence-electron chi connectivity index (χ3n) is 3.60. The Labute approximate surface area is 128 Å². The monoisotopic (exact) mass is 292 g/mol. The van der Waals surface area contributed by atoms with Crippen molar-refractivity contribution < 1.29 is 9.53 Å². The van der Waals surface area contributed by atoms with Crippen LogP contribution in [0, 0.1) is 0 Å². The van der Waals surface area contributed by atoms with Crippen LogP contribution in [0.5, 0.6) is 5.75 Å². The normalized spacial score (nSPS) is 12.0. The Morgan fingerprint density at radius 2 is 1.95 bits per heavy atom. The highest BCUT2D eigenvalue weighted by Crippen LogP contribution is 2.14. The van der Waals surface area contributed by atoms with Gasteiger partial charge in [0.2, 0.25) is 0 Å². The van der Waals surface area contributed by atoms with Gasteiger partial charge >= 0.3 is 0 Å². The van der Waals surface area contributed by atoms with Crippen LogP contribution in [0.1, 0.15) is 32.8 Å². The summed E-state index contributed by atoms with van der Waals surface area (Å²) in [5.74, 6) is 0.748. The number of hydrogen-bond acceptors (Lipinski definition) is 3. The number of amides is 1. The zero-order valence-electron chi connectivity index (χ0n) is 13.7. The predicted octanol–water partition coefficient (Wildman–Crippen LogP) is 2.47. The molecule has 0 bridgehead atoms. The lowest BCUT2D eigenvalue weighted by atomic mass is 10.1. The minimum atomic E-state index is 0.000964. The van der Waals surface area contributed by atoms with Crippen molar-refractivity contribution in [3.63, 3.8) is 0 Å². The third-order valence-corrected chi connectivity index (χ3v) is 3.60. The Morgan fingerprint density at radius 3 is 2.52 bits per heavy atom. The average molecular weight is 292 g/mol. The fraction of sp³-hybridized carbons (Fsp3) is 0.588. The first-order valence-corrected chi connectivity index (χ1v) is 7.75. The van der Waals surface area contributed by atoms with Gasteiger partial charge in [-0.1, -0.05) is 19.1 Å². The fourth-order valence-electron chi connectivity index (χ4n) is 2.02. The van der Waals surface area contributed by atoms with Gasteiger partial charge in [0.1, 0.15) is 5.75 Å². The quantitative estimate of drug-likeness (QED) is 0.760. The summed E-state index contributed by atoms with van der Waals surface area (Å²) < 4.78 is 5.51. The molecule has 1 aromatic carbocycles. The molecule has 0 saturated heterocycles. The number of aryl methyl sites for hydroxylation is 1. The molecule has 0 aliphatic carbocycles. The van der Waals surface area contributed by atoms with Crippen LogP contribution < -0.4 is 10.1 Å². The number of ether oxygens (including phenoxy) is 1. The Balaban J connectivity index is 2.38. The summed E-state index contributed by atoms with van der Waals surface area (Å²) in [6, 6.07) is 8.55. The maximum Gasteiger partial charge on any atom is 0.260 e. The van der Waals surface area contributed by atoms with Crippen molar-refractivity contribution in [2.45, 2.75) is 39.7 Å². The van der Waals surface area contributed by atoms with E-state index in [0.29, 0.717) is 12.6 Å². The Bertz CT molecular complexity index is 417. The minimum absolute atomic E-state index is 0.000964. The van der Waals surface area contributed by atoms with E-state index in [1.807, 2.05) is 19.1 Å². The molecule has 0 radical (unpaired) electrons. The largest absolute Gasteiger partial charge is 0.484 e. The summed E-state index contributed by atoms with van der Waals surface area (Å²) in [6.45, 7) is 8.08. The van der Waals surface area contributed by atoms with E-state index in [4.69, 9.17) is 4.74 Å². The molecule has 0 saturated carbocycles. The van der Waals surface area contributed by atoms with Crippen LogP contribution in [-0.2, 0) is 11.2 Å². The summed E-state index contributed by atoms with van der Waals surface area (Å²) in [7, 11) is 1.78. The van der Waals surface area contributed by atoms with Gasteiger partial charge in [0.05, 0.1) is 0 Å². The van der Waals surface area contributed by atoms with Crippen molar-refractivity contribution in [1.29, 1.82) is 0 Å². The number of carbonyl (C=O) groups excluding carboxylic acids is 1. The Hall–Kier alpha value is -1.55. The Kier molecular flexibility index (Phi) is 7.83. The van der Waals surface area contributed by atoms with Crippen molar-refractivity contribution in [2.75, 3.05) is 26.7 Å². The lowest BCUT2D eigenvalue weighted by Crippen LogP contribution is -2.31. The Morgan fingerprint density at radius 1 is 1.29 bits per heavy atom. The molecular weight excluding hydrogens is 264 g/mol. The van der Waals surface area contributed by atoms with Crippen LogP contribution in [-0.4, -0.2) is 43.6 Å². The zero-order valence-corrected chi connectivity index (χ0v) is 13.7. The number of nitrogens with one attached hydrogen (secondary N) is 1. The third kappa shape index (κ3) is 6.63. The van der Waals surface area contributed by atoms with Crippen molar-refractivity contribution in [1.82, 2.24) is 10.2 Å². The van der Waals surface area contributed by atoms with Gasteiger partial charge in [0, 0.05) is 19.6 Å². The molecule has 1 atom stereocenters. The lowest BCUT2D eigenvalue weighted by Gasteiger charge is -2.15. The first-order valence-electron chi connectivity index (χ1n) is 7.75. The first kappa shape index (κ1) is 17.5. The van der Waals surface area contributed by atoms with E-state index in [1.165, 1.54) is 5.56 Å². The number of hydrogen-bond donors (Lipinski definition) is 1. The molecule has 0 fully saturated rings. The maximum atomic E-state index is 11.6. The minimum Gasteiger partial charge on any atom is -0.484 e. The van der Waals surface area contributed by atoms with Crippen LogP contribution in [0.2, 0.25) is 0 Å². The SMILES string of the molecule is CCNC(C)CCc1ccc(OCC(=O)N(C)CC)cc1. The van der Waals surface area contributed by atoms with E-state index in [0.717, 1.165) is 25.1 Å². The van der Waals surface area contributed by atoms with Crippen molar-refractivity contribution >= 4 is 5.91 Å². The molecule has 0 aliphatic rings. The molecule has 4 nitrogen and oxygen atoms in total. The number of carbonyl (C=O) groups is 1. The van der Waals surface area contributed by atoms with Gasteiger partial charge in [-0.15, -0.1) is 0 Å². The molecule has 4 heteroatoms. The van der Waals surface area contributed by atoms with Crippen LogP contribution in [0.4, 0.5) is 0 Å². The molecule has 1 rings (SSSR count). The smallest absolute Gasteiger partial charge is 0.260 e. The maximum absolute atomic E-state index is 11.6. The van der Waals surface area contributed by atoms with Gasteiger partial charge in [-0.25, -0.2) is 0 Å². The number of nitrogens with zero attached hydrogens (tertiary/aromatic N) is 1. The topological polar surface area (TPSA) is 41.6 Å². The average Bonchev–Trinajstić information content (AvgIpc) is 2.51. The van der Waals surface area contributed by atoms with E-state index in [9.17, 15) is 4.79 Å². The molecule has 1 N–H and O–H groups in total. The molecule has 0 aromatic heterocycles.